The minimum Gasteiger partial charge on any atom is -0.342 e. The number of hydrogen-bond acceptors (Lipinski definition) is 4. The maximum Gasteiger partial charge on any atom is 0.254 e. The van der Waals surface area contributed by atoms with Crippen molar-refractivity contribution < 1.29 is 9.18 Å². The molecule has 3 aromatic rings. The van der Waals surface area contributed by atoms with E-state index in [9.17, 15) is 9.18 Å². The van der Waals surface area contributed by atoms with Crippen molar-refractivity contribution in [1.29, 1.82) is 0 Å². The van der Waals surface area contributed by atoms with Gasteiger partial charge in [-0.2, -0.15) is 0 Å². The van der Waals surface area contributed by atoms with Gasteiger partial charge in [0.15, 0.2) is 0 Å². The van der Waals surface area contributed by atoms with Crippen LogP contribution in [-0.4, -0.2) is 35.4 Å². The Morgan fingerprint density at radius 1 is 1.16 bits per heavy atom. The molecule has 6 heteroatoms. The van der Waals surface area contributed by atoms with E-state index in [1.54, 1.807) is 17.0 Å². The van der Waals surface area contributed by atoms with E-state index in [1.165, 1.54) is 6.07 Å². The van der Waals surface area contributed by atoms with Gasteiger partial charge >= 0.3 is 0 Å². The minimum absolute atomic E-state index is 0.0243. The van der Waals surface area contributed by atoms with E-state index in [4.69, 9.17) is 0 Å². The lowest BCUT2D eigenvalue weighted by Crippen LogP contribution is -2.32. The highest BCUT2D eigenvalue weighted by Gasteiger charge is 2.25. The van der Waals surface area contributed by atoms with Crippen molar-refractivity contribution in [2.45, 2.75) is 45.2 Å². The molecule has 2 aromatic carbocycles. The Morgan fingerprint density at radius 3 is 2.81 bits per heavy atom. The van der Waals surface area contributed by atoms with E-state index in [-0.39, 0.29) is 17.8 Å². The number of carbonyl (C=O) groups excluding carboxylic acids is 1. The molecule has 0 saturated carbocycles. The highest BCUT2D eigenvalue weighted by Crippen LogP contribution is 2.25. The fraction of sp³-hybridized carbons (Fsp3) is 0.360. The van der Waals surface area contributed by atoms with Crippen molar-refractivity contribution >= 4 is 16.8 Å². The summed E-state index contributed by atoms with van der Waals surface area (Å²) in [5.41, 5.74) is 11.1. The van der Waals surface area contributed by atoms with E-state index in [1.807, 2.05) is 51.2 Å². The molecule has 162 valence electrons. The lowest BCUT2D eigenvalue weighted by atomic mass is 9.99. The molecular weight excluding hydrogens is 391 g/mol. The third-order valence-electron chi connectivity index (χ3n) is 5.95. The van der Waals surface area contributed by atoms with Gasteiger partial charge in [-0.3, -0.25) is 20.6 Å². The molecule has 31 heavy (non-hydrogen) atoms. The normalized spacial score (nSPS) is 18.5. The van der Waals surface area contributed by atoms with Crippen LogP contribution in [0.15, 0.2) is 48.5 Å². The second-order valence-electron chi connectivity index (χ2n) is 8.53. The summed E-state index contributed by atoms with van der Waals surface area (Å²) in [5.74, 6) is -0.187. The van der Waals surface area contributed by atoms with Gasteiger partial charge in [0.25, 0.3) is 5.91 Å². The molecule has 1 aliphatic heterocycles. The number of pyridine rings is 1. The van der Waals surface area contributed by atoms with Crippen LogP contribution < -0.4 is 10.9 Å². The Labute approximate surface area is 182 Å². The van der Waals surface area contributed by atoms with E-state index in [0.717, 1.165) is 47.0 Å². The van der Waals surface area contributed by atoms with Crippen LogP contribution in [0.5, 0.6) is 0 Å². The van der Waals surface area contributed by atoms with Crippen LogP contribution in [-0.2, 0) is 0 Å². The standard InChI is InChI=1S/C25H29FN4O/c1-16-9-10-23-21(12-16)22(13-17(2)27-23)25(31)30(3)11-5-8-20-15-24(29-28-20)18-6-4-7-19(26)14-18/h4,6-7,9-10,12-14,20,24,28-29H,5,8,11,15H2,1-3H3. The number of rotatable bonds is 6. The first kappa shape index (κ1) is 21.4. The van der Waals surface area contributed by atoms with Crippen LogP contribution in [0, 0.1) is 19.7 Å². The molecule has 1 saturated heterocycles. The third kappa shape index (κ3) is 4.92. The summed E-state index contributed by atoms with van der Waals surface area (Å²) in [6.07, 6.45) is 2.72. The summed E-state index contributed by atoms with van der Waals surface area (Å²) in [6, 6.07) is 15.0. The van der Waals surface area contributed by atoms with Gasteiger partial charge in [0.1, 0.15) is 5.82 Å². The zero-order chi connectivity index (χ0) is 22.0. The Balaban J connectivity index is 1.34. The van der Waals surface area contributed by atoms with Crippen molar-refractivity contribution in [2.75, 3.05) is 13.6 Å². The zero-order valence-electron chi connectivity index (χ0n) is 18.3. The number of carbonyl (C=O) groups is 1. The number of amides is 1. The smallest absolute Gasteiger partial charge is 0.254 e. The summed E-state index contributed by atoms with van der Waals surface area (Å²) in [7, 11) is 1.86. The topological polar surface area (TPSA) is 57.3 Å². The summed E-state index contributed by atoms with van der Waals surface area (Å²) < 4.78 is 13.5. The van der Waals surface area contributed by atoms with E-state index in [0.29, 0.717) is 18.2 Å². The maximum absolute atomic E-state index is 13.5. The van der Waals surface area contributed by atoms with Crippen LogP contribution in [0.2, 0.25) is 0 Å². The Bertz CT molecular complexity index is 1100. The number of nitrogens with zero attached hydrogens (tertiary/aromatic N) is 2. The fourth-order valence-corrected chi connectivity index (χ4v) is 4.28. The molecule has 0 aliphatic carbocycles. The number of hydrogen-bond donors (Lipinski definition) is 2. The number of nitrogens with one attached hydrogen (secondary N) is 2. The Morgan fingerprint density at radius 2 is 2.00 bits per heavy atom. The van der Waals surface area contributed by atoms with Crippen LogP contribution in [0.1, 0.15) is 52.5 Å². The van der Waals surface area contributed by atoms with Crippen molar-refractivity contribution in [3.05, 3.63) is 76.7 Å². The van der Waals surface area contributed by atoms with Gasteiger partial charge in [0, 0.05) is 36.8 Å². The quantitative estimate of drug-likeness (QED) is 0.619. The number of benzene rings is 2. The Hall–Kier alpha value is -2.83. The third-order valence-corrected chi connectivity index (χ3v) is 5.95. The van der Waals surface area contributed by atoms with Crippen LogP contribution >= 0.6 is 0 Å². The second kappa shape index (κ2) is 9.12. The van der Waals surface area contributed by atoms with E-state index in [2.05, 4.69) is 15.8 Å². The molecule has 2 heterocycles. The first-order chi connectivity index (χ1) is 14.9. The molecule has 4 rings (SSSR count). The monoisotopic (exact) mass is 420 g/mol. The maximum atomic E-state index is 13.5. The predicted molar refractivity (Wildman–Crippen MR) is 121 cm³/mol. The average molecular weight is 421 g/mol. The van der Waals surface area contributed by atoms with Gasteiger partial charge < -0.3 is 4.90 Å². The highest BCUT2D eigenvalue weighted by atomic mass is 19.1. The molecule has 1 fully saturated rings. The highest BCUT2D eigenvalue weighted by molar-refractivity contribution is 6.06. The number of aryl methyl sites for hydroxylation is 2. The SMILES string of the molecule is Cc1ccc2nc(C)cc(C(=O)N(C)CCCC3CC(c4cccc(F)c4)NN3)c2c1. The number of fused-ring (bicyclic) bond motifs is 1. The second-order valence-corrected chi connectivity index (χ2v) is 8.53. The summed E-state index contributed by atoms with van der Waals surface area (Å²) in [5, 5.41) is 0.905. The van der Waals surface area contributed by atoms with E-state index < -0.39 is 0 Å². The summed E-state index contributed by atoms with van der Waals surface area (Å²) in [6.45, 7) is 4.62. The average Bonchev–Trinajstić information content (AvgIpc) is 3.22. The molecule has 1 aromatic heterocycles. The molecule has 1 amide bonds. The molecule has 2 N–H and O–H groups in total. The zero-order valence-corrected chi connectivity index (χ0v) is 18.3. The van der Waals surface area contributed by atoms with Crippen molar-refractivity contribution in [2.24, 2.45) is 0 Å². The van der Waals surface area contributed by atoms with Crippen molar-refractivity contribution in [3.63, 3.8) is 0 Å². The molecule has 1 aliphatic rings. The number of aromatic nitrogens is 1. The molecule has 2 atom stereocenters. The molecule has 0 spiro atoms. The largest absolute Gasteiger partial charge is 0.342 e. The lowest BCUT2D eigenvalue weighted by Gasteiger charge is -2.19. The minimum atomic E-state index is -0.211. The van der Waals surface area contributed by atoms with Gasteiger partial charge in [-0.15, -0.1) is 0 Å². The molecule has 0 radical (unpaired) electrons. The van der Waals surface area contributed by atoms with Crippen LogP contribution in [0.4, 0.5) is 4.39 Å². The van der Waals surface area contributed by atoms with Crippen molar-refractivity contribution in [1.82, 2.24) is 20.7 Å². The van der Waals surface area contributed by atoms with Gasteiger partial charge in [-0.1, -0.05) is 23.8 Å². The fourth-order valence-electron chi connectivity index (χ4n) is 4.28. The van der Waals surface area contributed by atoms with E-state index >= 15 is 0 Å². The number of halogens is 1. The molecule has 2 unspecified atom stereocenters. The lowest BCUT2D eigenvalue weighted by molar-refractivity contribution is 0.0793. The predicted octanol–water partition coefficient (Wildman–Crippen LogP) is 4.45. The van der Waals surface area contributed by atoms with Gasteiger partial charge in [0.2, 0.25) is 0 Å². The molecular formula is C25H29FN4O. The molecule has 0 bridgehead atoms. The summed E-state index contributed by atoms with van der Waals surface area (Å²) >= 11 is 0. The molecule has 5 nitrogen and oxygen atoms in total. The van der Waals surface area contributed by atoms with Gasteiger partial charge in [0.05, 0.1) is 11.1 Å². The first-order valence-corrected chi connectivity index (χ1v) is 10.8. The van der Waals surface area contributed by atoms with Gasteiger partial charge in [-0.05, 0) is 69.0 Å². The van der Waals surface area contributed by atoms with Crippen LogP contribution in [0.3, 0.4) is 0 Å². The van der Waals surface area contributed by atoms with Crippen LogP contribution in [0.25, 0.3) is 10.9 Å². The Kier molecular flexibility index (Phi) is 6.30. The van der Waals surface area contributed by atoms with Crippen molar-refractivity contribution in [3.8, 4) is 0 Å². The number of hydrazine groups is 1. The first-order valence-electron chi connectivity index (χ1n) is 10.8. The van der Waals surface area contributed by atoms with Gasteiger partial charge in [-0.25, -0.2) is 4.39 Å². The summed E-state index contributed by atoms with van der Waals surface area (Å²) in [4.78, 5) is 19.5.